The van der Waals surface area contributed by atoms with E-state index in [0.717, 1.165) is 44.9 Å². The van der Waals surface area contributed by atoms with Crippen molar-refractivity contribution in [3.05, 3.63) is 48.6 Å². The number of aliphatic hydroxyl groups is 1. The number of carbonyl (C=O) groups excluding carboxylic acids is 1. The molecule has 0 radical (unpaired) electrons. The predicted molar refractivity (Wildman–Crippen MR) is 295 cm³/mol. The van der Waals surface area contributed by atoms with Gasteiger partial charge in [-0.1, -0.05) is 249 Å². The summed E-state index contributed by atoms with van der Waals surface area (Å²) in [7, 11) is 1.56. The molecule has 0 heterocycles. The minimum Gasteiger partial charge on any atom is -0.387 e. The third-order valence-corrected chi connectivity index (χ3v) is 14.0. The molecule has 0 aromatic rings. The first-order chi connectivity index (χ1) is 33.0. The first-order valence-electron chi connectivity index (χ1n) is 29.0. The van der Waals surface area contributed by atoms with Crippen LogP contribution in [-0.4, -0.2) is 73.4 Å². The SMILES string of the molecule is CCCCCCCCCCC/C=C\C/C=C\CCCCCCCCCCCCCCCCCC(=O)NC(COP(=O)(O)OCC[N+](C)(C)C)C(O)/C=C/CC/C=C/CCCCCCCCCCC. The molecule has 3 atom stereocenters. The fraction of sp³-hybridized carbons (Fsp3) is 0.847. The van der Waals surface area contributed by atoms with Crippen molar-refractivity contribution in [3.8, 4) is 0 Å². The molecule has 0 aromatic heterocycles. The summed E-state index contributed by atoms with van der Waals surface area (Å²) in [4.78, 5) is 23.3. The van der Waals surface area contributed by atoms with E-state index < -0.39 is 20.0 Å². The second-order valence-corrected chi connectivity index (χ2v) is 22.5. The van der Waals surface area contributed by atoms with Crippen LogP contribution in [0.2, 0.25) is 0 Å². The van der Waals surface area contributed by atoms with Gasteiger partial charge in [-0.05, 0) is 64.2 Å². The quantitative estimate of drug-likeness (QED) is 0.0243. The Bertz CT molecular complexity index is 1250. The molecule has 400 valence electrons. The number of unbranched alkanes of at least 4 members (excludes halogenated alkanes) is 34. The van der Waals surface area contributed by atoms with Crippen LogP contribution < -0.4 is 5.32 Å². The largest absolute Gasteiger partial charge is 0.472 e. The van der Waals surface area contributed by atoms with Gasteiger partial charge in [-0.15, -0.1) is 0 Å². The Morgan fingerprint density at radius 2 is 0.853 bits per heavy atom. The van der Waals surface area contributed by atoms with Crippen LogP contribution in [0.1, 0.15) is 271 Å². The summed E-state index contributed by atoms with van der Waals surface area (Å²) in [5.41, 5.74) is 0. The van der Waals surface area contributed by atoms with E-state index in [4.69, 9.17) is 9.05 Å². The molecule has 0 aromatic carbocycles. The number of likely N-dealkylation sites (N-methyl/N-ethyl adjacent to an activating group) is 1. The second-order valence-electron chi connectivity index (χ2n) is 21.0. The molecule has 3 N–H and O–H groups in total. The molecule has 0 fully saturated rings. The van der Waals surface area contributed by atoms with Gasteiger partial charge in [-0.25, -0.2) is 4.57 Å². The Labute approximate surface area is 422 Å². The molecule has 3 unspecified atom stereocenters. The highest BCUT2D eigenvalue weighted by molar-refractivity contribution is 7.47. The fourth-order valence-electron chi connectivity index (χ4n) is 8.44. The maximum atomic E-state index is 13.0. The third kappa shape index (κ3) is 52.3. The lowest BCUT2D eigenvalue weighted by molar-refractivity contribution is -0.870. The molecule has 8 nitrogen and oxygen atoms in total. The summed E-state index contributed by atoms with van der Waals surface area (Å²) in [6.07, 6.45) is 66.5. The van der Waals surface area contributed by atoms with Gasteiger partial charge in [-0.2, -0.15) is 0 Å². The molecule has 0 aliphatic heterocycles. The van der Waals surface area contributed by atoms with E-state index in [0.29, 0.717) is 17.4 Å². The third-order valence-electron chi connectivity index (χ3n) is 13.0. The van der Waals surface area contributed by atoms with E-state index >= 15 is 0 Å². The summed E-state index contributed by atoms with van der Waals surface area (Å²) in [6.45, 7) is 4.81. The molecule has 1 amide bonds. The number of hydrogen-bond acceptors (Lipinski definition) is 5. The molecule has 0 rings (SSSR count). The summed E-state index contributed by atoms with van der Waals surface area (Å²) in [6, 6.07) is -0.863. The minimum atomic E-state index is -4.35. The van der Waals surface area contributed by atoms with Gasteiger partial charge in [0.1, 0.15) is 13.2 Å². The molecule has 0 bridgehead atoms. The highest BCUT2D eigenvalue weighted by Crippen LogP contribution is 2.43. The van der Waals surface area contributed by atoms with Crippen LogP contribution in [-0.2, 0) is 18.4 Å². The molecular weight excluding hydrogens is 864 g/mol. The van der Waals surface area contributed by atoms with E-state index in [-0.39, 0.29) is 19.1 Å². The van der Waals surface area contributed by atoms with Crippen molar-refractivity contribution >= 4 is 13.7 Å². The first-order valence-corrected chi connectivity index (χ1v) is 30.5. The Balaban J connectivity index is 4.11. The van der Waals surface area contributed by atoms with Crippen LogP contribution in [0.25, 0.3) is 0 Å². The summed E-state index contributed by atoms with van der Waals surface area (Å²) >= 11 is 0. The lowest BCUT2D eigenvalue weighted by Crippen LogP contribution is -2.45. The fourth-order valence-corrected chi connectivity index (χ4v) is 9.18. The van der Waals surface area contributed by atoms with Gasteiger partial charge in [0.25, 0.3) is 0 Å². The number of allylic oxidation sites excluding steroid dienone is 7. The first kappa shape index (κ1) is 66.5. The zero-order valence-electron chi connectivity index (χ0n) is 45.6. The van der Waals surface area contributed by atoms with E-state index in [1.54, 1.807) is 6.08 Å². The van der Waals surface area contributed by atoms with E-state index in [1.165, 1.54) is 205 Å². The molecular formula is C59H114N2O6P+. The maximum Gasteiger partial charge on any atom is 0.472 e. The van der Waals surface area contributed by atoms with Gasteiger partial charge in [0.15, 0.2) is 0 Å². The number of quaternary nitrogens is 1. The van der Waals surface area contributed by atoms with Gasteiger partial charge >= 0.3 is 7.82 Å². The van der Waals surface area contributed by atoms with Crippen molar-refractivity contribution in [2.75, 3.05) is 40.9 Å². The number of hydrogen-bond donors (Lipinski definition) is 3. The van der Waals surface area contributed by atoms with Crippen LogP contribution in [0.15, 0.2) is 48.6 Å². The number of nitrogens with zero attached hydrogens (tertiary/aromatic N) is 1. The van der Waals surface area contributed by atoms with E-state index in [9.17, 15) is 19.4 Å². The average molecular weight is 979 g/mol. The molecule has 0 aliphatic carbocycles. The van der Waals surface area contributed by atoms with Crippen LogP contribution >= 0.6 is 7.82 Å². The Morgan fingerprint density at radius 1 is 0.500 bits per heavy atom. The molecule has 0 spiro atoms. The van der Waals surface area contributed by atoms with E-state index in [1.807, 2.05) is 27.2 Å². The van der Waals surface area contributed by atoms with Crippen LogP contribution in [0.4, 0.5) is 0 Å². The van der Waals surface area contributed by atoms with Gasteiger partial charge in [0.05, 0.1) is 39.9 Å². The van der Waals surface area contributed by atoms with Gasteiger partial charge in [-0.3, -0.25) is 13.8 Å². The highest BCUT2D eigenvalue weighted by Gasteiger charge is 2.27. The van der Waals surface area contributed by atoms with Gasteiger partial charge in [0.2, 0.25) is 5.91 Å². The number of phosphoric acid groups is 1. The zero-order valence-corrected chi connectivity index (χ0v) is 46.5. The van der Waals surface area contributed by atoms with Crippen LogP contribution in [0, 0.1) is 0 Å². The summed E-state index contributed by atoms with van der Waals surface area (Å²) in [5, 5.41) is 13.9. The molecule has 68 heavy (non-hydrogen) atoms. The van der Waals surface area contributed by atoms with Crippen molar-refractivity contribution in [1.29, 1.82) is 0 Å². The molecule has 0 saturated heterocycles. The smallest absolute Gasteiger partial charge is 0.387 e. The van der Waals surface area contributed by atoms with Crippen molar-refractivity contribution in [2.24, 2.45) is 0 Å². The minimum absolute atomic E-state index is 0.0561. The highest BCUT2D eigenvalue weighted by atomic mass is 31.2. The number of rotatable bonds is 53. The number of carbonyl (C=O) groups is 1. The summed E-state index contributed by atoms with van der Waals surface area (Å²) < 4.78 is 23.7. The van der Waals surface area contributed by atoms with Crippen molar-refractivity contribution < 1.29 is 32.9 Å². The van der Waals surface area contributed by atoms with Crippen molar-refractivity contribution in [1.82, 2.24) is 5.32 Å². The van der Waals surface area contributed by atoms with Crippen LogP contribution in [0.3, 0.4) is 0 Å². The predicted octanol–water partition coefficient (Wildman–Crippen LogP) is 17.5. The average Bonchev–Trinajstić information content (AvgIpc) is 3.30. The lowest BCUT2D eigenvalue weighted by atomic mass is 10.0. The molecule has 9 heteroatoms. The standard InChI is InChI=1S/C59H113N2O6P/c1-6-8-10-12-14-16-18-20-22-23-24-25-26-27-28-29-30-31-32-33-34-35-36-37-39-41-43-45-47-49-51-53-59(63)60-57(56-67-68(64,65)66-55-54-61(3,4)5)58(62)52-50-48-46-44-42-40-38-21-19-17-15-13-11-9-7-2/h24-25,27-28,42,44,50,52,57-58,62H,6-23,26,29-41,43,45-49,51,53-56H2,1-5H3,(H-,60,63,64,65)/p+1/b25-24-,28-27-,44-42+,52-50+. The normalized spacial score (nSPS) is 14.3. The van der Waals surface area contributed by atoms with Crippen molar-refractivity contribution in [3.63, 3.8) is 0 Å². The maximum absolute atomic E-state index is 13.0. The Kier molecular flexibility index (Phi) is 49.3. The number of phosphoric ester groups is 1. The second kappa shape index (κ2) is 50.4. The topological polar surface area (TPSA) is 105 Å². The lowest BCUT2D eigenvalue weighted by Gasteiger charge is -2.25. The molecule has 0 saturated carbocycles. The zero-order chi connectivity index (χ0) is 49.9. The van der Waals surface area contributed by atoms with Crippen molar-refractivity contribution in [2.45, 2.75) is 283 Å². The molecule has 0 aliphatic rings. The number of aliphatic hydroxyl groups excluding tert-OH is 1. The Hall–Kier alpha value is -1.54. The van der Waals surface area contributed by atoms with E-state index in [2.05, 4.69) is 55.6 Å². The van der Waals surface area contributed by atoms with Crippen LogP contribution in [0.5, 0.6) is 0 Å². The van der Waals surface area contributed by atoms with Gasteiger partial charge < -0.3 is 19.8 Å². The number of amides is 1. The Morgan fingerprint density at radius 3 is 1.26 bits per heavy atom. The van der Waals surface area contributed by atoms with Gasteiger partial charge in [0, 0.05) is 6.42 Å². The number of nitrogens with one attached hydrogen (secondary N) is 1. The monoisotopic (exact) mass is 978 g/mol. The summed E-state index contributed by atoms with van der Waals surface area (Å²) in [5.74, 6) is -0.186.